The van der Waals surface area contributed by atoms with Gasteiger partial charge in [0.2, 0.25) is 0 Å². The van der Waals surface area contributed by atoms with Gasteiger partial charge in [0.1, 0.15) is 5.75 Å². The molecule has 0 aliphatic heterocycles. The zero-order valence-electron chi connectivity index (χ0n) is 7.98. The van der Waals surface area contributed by atoms with Crippen molar-refractivity contribution in [1.82, 2.24) is 0 Å². The maximum absolute atomic E-state index is 10.3. The van der Waals surface area contributed by atoms with Crippen molar-refractivity contribution in [1.29, 1.82) is 0 Å². The number of aromatic hydroxyl groups is 1. The molecular weight excluding hydrogens is 218 g/mol. The largest absolute Gasteiger partial charge is 0.506 e. The maximum Gasteiger partial charge on any atom is 0.303 e. The number of halogens is 1. The van der Waals surface area contributed by atoms with Crippen molar-refractivity contribution >= 4 is 17.6 Å². The summed E-state index contributed by atoms with van der Waals surface area (Å²) in [7, 11) is 0. The summed E-state index contributed by atoms with van der Waals surface area (Å²) in [5.74, 6) is -0.888. The Kier molecular flexibility index (Phi) is 3.94. The van der Waals surface area contributed by atoms with Gasteiger partial charge in [-0.2, -0.15) is 0 Å². The van der Waals surface area contributed by atoms with Crippen LogP contribution in [0, 0.1) is 0 Å². The van der Waals surface area contributed by atoms with E-state index in [1.807, 2.05) is 0 Å². The molecule has 1 atom stereocenters. The number of benzene rings is 1. The quantitative estimate of drug-likeness (QED) is 0.737. The van der Waals surface area contributed by atoms with Crippen molar-refractivity contribution in [2.45, 2.75) is 18.9 Å². The topological polar surface area (TPSA) is 83.6 Å². The van der Waals surface area contributed by atoms with E-state index in [0.717, 1.165) is 5.56 Å². The lowest BCUT2D eigenvalue weighted by molar-refractivity contribution is -0.137. The van der Waals surface area contributed by atoms with Crippen LogP contribution in [-0.4, -0.2) is 16.2 Å². The normalized spacial score (nSPS) is 12.4. The van der Waals surface area contributed by atoms with E-state index in [1.165, 1.54) is 6.07 Å². The summed E-state index contributed by atoms with van der Waals surface area (Å²) in [6, 6.07) is 4.24. The zero-order chi connectivity index (χ0) is 11.4. The summed E-state index contributed by atoms with van der Waals surface area (Å²) in [6.45, 7) is 0. The van der Waals surface area contributed by atoms with Crippen molar-refractivity contribution in [2.24, 2.45) is 5.73 Å². The molecule has 0 amide bonds. The van der Waals surface area contributed by atoms with Crippen LogP contribution >= 0.6 is 11.6 Å². The molecule has 1 unspecified atom stereocenters. The van der Waals surface area contributed by atoms with E-state index in [-0.39, 0.29) is 23.2 Å². The van der Waals surface area contributed by atoms with Crippen LogP contribution in [-0.2, 0) is 4.79 Å². The summed E-state index contributed by atoms with van der Waals surface area (Å²) in [4.78, 5) is 10.3. The molecule has 0 aliphatic carbocycles. The molecule has 4 N–H and O–H groups in total. The smallest absolute Gasteiger partial charge is 0.303 e. The van der Waals surface area contributed by atoms with Crippen LogP contribution in [0.5, 0.6) is 5.75 Å². The lowest BCUT2D eigenvalue weighted by Crippen LogP contribution is -2.12. The molecule has 82 valence electrons. The van der Waals surface area contributed by atoms with E-state index in [0.29, 0.717) is 6.42 Å². The average Bonchev–Trinajstić information content (AvgIpc) is 2.18. The monoisotopic (exact) mass is 229 g/mol. The molecule has 0 bridgehead atoms. The van der Waals surface area contributed by atoms with Gasteiger partial charge in [-0.25, -0.2) is 0 Å². The Balaban J connectivity index is 2.69. The highest BCUT2D eigenvalue weighted by Gasteiger charge is 2.10. The minimum absolute atomic E-state index is 0.00847. The Morgan fingerprint density at radius 3 is 2.73 bits per heavy atom. The molecule has 0 fully saturated rings. The molecule has 0 radical (unpaired) electrons. The first kappa shape index (κ1) is 11.8. The Morgan fingerprint density at radius 1 is 1.53 bits per heavy atom. The predicted molar refractivity (Wildman–Crippen MR) is 56.9 cm³/mol. The SMILES string of the molecule is NC(CCC(=O)O)c1ccc(O)c(Cl)c1. The van der Waals surface area contributed by atoms with Gasteiger partial charge in [0, 0.05) is 12.5 Å². The van der Waals surface area contributed by atoms with E-state index >= 15 is 0 Å². The van der Waals surface area contributed by atoms with Crippen molar-refractivity contribution < 1.29 is 15.0 Å². The number of carboxylic acids is 1. The summed E-state index contributed by atoms with van der Waals surface area (Å²) in [5, 5.41) is 17.9. The van der Waals surface area contributed by atoms with Gasteiger partial charge in [0.05, 0.1) is 5.02 Å². The molecular formula is C10H12ClNO3. The summed E-state index contributed by atoms with van der Waals surface area (Å²) in [6.07, 6.45) is 0.357. The Labute approximate surface area is 92.3 Å². The third-order valence-electron chi connectivity index (χ3n) is 2.07. The van der Waals surface area contributed by atoms with Crippen LogP contribution in [0.3, 0.4) is 0 Å². The van der Waals surface area contributed by atoms with E-state index < -0.39 is 5.97 Å². The molecule has 0 saturated heterocycles. The second kappa shape index (κ2) is 5.00. The Morgan fingerprint density at radius 2 is 2.20 bits per heavy atom. The van der Waals surface area contributed by atoms with Crippen molar-refractivity contribution in [3.63, 3.8) is 0 Å². The molecule has 15 heavy (non-hydrogen) atoms. The second-order valence-corrected chi connectivity index (χ2v) is 3.66. The number of hydrogen-bond acceptors (Lipinski definition) is 3. The highest BCUT2D eigenvalue weighted by molar-refractivity contribution is 6.32. The zero-order valence-corrected chi connectivity index (χ0v) is 8.74. The van der Waals surface area contributed by atoms with Crippen LogP contribution in [0.4, 0.5) is 0 Å². The van der Waals surface area contributed by atoms with Crippen LogP contribution in [0.25, 0.3) is 0 Å². The fraction of sp³-hybridized carbons (Fsp3) is 0.300. The Hall–Kier alpha value is -1.26. The number of nitrogens with two attached hydrogens (primary N) is 1. The first-order chi connectivity index (χ1) is 7.00. The van der Waals surface area contributed by atoms with Gasteiger partial charge in [-0.3, -0.25) is 4.79 Å². The fourth-order valence-corrected chi connectivity index (χ4v) is 1.39. The van der Waals surface area contributed by atoms with E-state index in [9.17, 15) is 9.90 Å². The number of rotatable bonds is 4. The number of phenolic OH excluding ortho intramolecular Hbond substituents is 1. The molecule has 1 aromatic rings. The first-order valence-corrected chi connectivity index (χ1v) is 4.84. The highest BCUT2D eigenvalue weighted by Crippen LogP contribution is 2.27. The van der Waals surface area contributed by atoms with Crippen LogP contribution in [0.2, 0.25) is 5.02 Å². The van der Waals surface area contributed by atoms with Gasteiger partial charge in [0.25, 0.3) is 0 Å². The summed E-state index contributed by atoms with van der Waals surface area (Å²) in [5.41, 5.74) is 6.48. The average molecular weight is 230 g/mol. The standard InChI is InChI=1S/C10H12ClNO3/c11-7-5-6(1-3-9(7)13)8(12)2-4-10(14)15/h1,3,5,8,13H,2,4,12H2,(H,14,15). The van der Waals surface area contributed by atoms with Gasteiger partial charge >= 0.3 is 5.97 Å². The van der Waals surface area contributed by atoms with Gasteiger partial charge < -0.3 is 15.9 Å². The van der Waals surface area contributed by atoms with Gasteiger partial charge in [-0.1, -0.05) is 17.7 Å². The van der Waals surface area contributed by atoms with Crippen LogP contribution in [0.1, 0.15) is 24.4 Å². The van der Waals surface area contributed by atoms with Crippen LogP contribution < -0.4 is 5.73 Å². The molecule has 4 nitrogen and oxygen atoms in total. The molecule has 0 spiro atoms. The first-order valence-electron chi connectivity index (χ1n) is 4.46. The maximum atomic E-state index is 10.3. The molecule has 0 saturated carbocycles. The predicted octanol–water partition coefficient (Wildman–Crippen LogP) is 1.91. The molecule has 1 aromatic carbocycles. The number of carboxylic acid groups (broad SMARTS) is 1. The van der Waals surface area contributed by atoms with Gasteiger partial charge in [-0.15, -0.1) is 0 Å². The van der Waals surface area contributed by atoms with E-state index in [4.69, 9.17) is 22.4 Å². The number of hydrogen-bond donors (Lipinski definition) is 3. The summed E-state index contributed by atoms with van der Waals surface area (Å²) >= 11 is 5.70. The molecule has 0 heterocycles. The number of aliphatic carboxylic acids is 1. The fourth-order valence-electron chi connectivity index (χ4n) is 1.20. The van der Waals surface area contributed by atoms with Crippen LogP contribution in [0.15, 0.2) is 18.2 Å². The highest BCUT2D eigenvalue weighted by atomic mass is 35.5. The molecule has 0 aliphatic rings. The molecule has 0 aromatic heterocycles. The van der Waals surface area contributed by atoms with E-state index in [2.05, 4.69) is 0 Å². The van der Waals surface area contributed by atoms with Gasteiger partial charge in [0.15, 0.2) is 0 Å². The van der Waals surface area contributed by atoms with Crippen molar-refractivity contribution in [2.75, 3.05) is 0 Å². The Bertz CT molecular complexity index is 368. The van der Waals surface area contributed by atoms with E-state index in [1.54, 1.807) is 12.1 Å². The summed E-state index contributed by atoms with van der Waals surface area (Å²) < 4.78 is 0. The van der Waals surface area contributed by atoms with Gasteiger partial charge in [-0.05, 0) is 24.1 Å². The molecule has 5 heteroatoms. The third-order valence-corrected chi connectivity index (χ3v) is 2.37. The third kappa shape index (κ3) is 3.42. The van der Waals surface area contributed by atoms with Crippen molar-refractivity contribution in [3.8, 4) is 5.75 Å². The molecule has 1 rings (SSSR count). The number of carbonyl (C=O) groups is 1. The lowest BCUT2D eigenvalue weighted by atomic mass is 10.0. The minimum Gasteiger partial charge on any atom is -0.506 e. The number of phenols is 1. The lowest BCUT2D eigenvalue weighted by Gasteiger charge is -2.11. The minimum atomic E-state index is -0.879. The second-order valence-electron chi connectivity index (χ2n) is 3.25. The van der Waals surface area contributed by atoms with Crippen molar-refractivity contribution in [3.05, 3.63) is 28.8 Å².